The third-order valence-corrected chi connectivity index (χ3v) is 4.87. The van der Waals surface area contributed by atoms with Crippen LogP contribution in [0.4, 0.5) is 19.0 Å². The Morgan fingerprint density at radius 3 is 2.61 bits per heavy atom. The lowest BCUT2D eigenvalue weighted by Crippen LogP contribution is -2.25. The maximum atomic E-state index is 12.8. The average Bonchev–Trinajstić information content (AvgIpc) is 3.17. The van der Waals surface area contributed by atoms with Gasteiger partial charge in [0.05, 0.1) is 17.4 Å². The SMILES string of the molecule is Cn1cnc2c(-c3ccc(C(F)(F)F)cc3)cnc(NC3CCNC3)c2c1=O. The second kappa shape index (κ2) is 6.90. The van der Waals surface area contributed by atoms with Crippen molar-refractivity contribution in [1.29, 1.82) is 0 Å². The van der Waals surface area contributed by atoms with Crippen LogP contribution in [-0.2, 0) is 13.2 Å². The van der Waals surface area contributed by atoms with Gasteiger partial charge in [0, 0.05) is 31.4 Å². The number of hydrogen-bond acceptors (Lipinski definition) is 5. The van der Waals surface area contributed by atoms with E-state index in [9.17, 15) is 18.0 Å². The molecule has 3 heterocycles. The van der Waals surface area contributed by atoms with Crippen molar-refractivity contribution in [3.63, 3.8) is 0 Å². The first-order valence-corrected chi connectivity index (χ1v) is 8.84. The molecule has 4 rings (SSSR count). The highest BCUT2D eigenvalue weighted by Crippen LogP contribution is 2.33. The van der Waals surface area contributed by atoms with Crippen molar-refractivity contribution in [2.45, 2.75) is 18.6 Å². The average molecular weight is 389 g/mol. The number of rotatable bonds is 3. The number of nitrogens with zero attached hydrogens (tertiary/aromatic N) is 3. The molecule has 28 heavy (non-hydrogen) atoms. The molecule has 0 amide bonds. The van der Waals surface area contributed by atoms with E-state index in [1.807, 2.05) is 0 Å². The molecule has 1 aliphatic rings. The molecular weight excluding hydrogens is 371 g/mol. The number of alkyl halides is 3. The molecule has 0 spiro atoms. The van der Waals surface area contributed by atoms with Crippen molar-refractivity contribution in [1.82, 2.24) is 19.9 Å². The van der Waals surface area contributed by atoms with Crippen LogP contribution in [-0.4, -0.2) is 33.7 Å². The molecule has 0 bridgehead atoms. The van der Waals surface area contributed by atoms with Crippen molar-refractivity contribution < 1.29 is 13.2 Å². The van der Waals surface area contributed by atoms with Gasteiger partial charge in [-0.15, -0.1) is 0 Å². The fraction of sp³-hybridized carbons (Fsp3) is 0.316. The summed E-state index contributed by atoms with van der Waals surface area (Å²) in [5, 5.41) is 6.85. The minimum atomic E-state index is -4.41. The number of fused-ring (bicyclic) bond motifs is 1. The van der Waals surface area contributed by atoms with Gasteiger partial charge in [-0.05, 0) is 30.7 Å². The van der Waals surface area contributed by atoms with Gasteiger partial charge >= 0.3 is 6.18 Å². The van der Waals surface area contributed by atoms with E-state index < -0.39 is 11.7 Å². The Labute approximate surface area is 158 Å². The van der Waals surface area contributed by atoms with Crippen LogP contribution in [0.25, 0.3) is 22.0 Å². The highest BCUT2D eigenvalue weighted by Gasteiger charge is 2.30. The lowest BCUT2D eigenvalue weighted by Gasteiger charge is -2.16. The zero-order valence-electron chi connectivity index (χ0n) is 15.0. The van der Waals surface area contributed by atoms with Gasteiger partial charge in [0.2, 0.25) is 0 Å². The van der Waals surface area contributed by atoms with Crippen LogP contribution >= 0.6 is 0 Å². The number of halogens is 3. The van der Waals surface area contributed by atoms with E-state index >= 15 is 0 Å². The molecule has 1 aromatic carbocycles. The molecule has 3 aromatic rings. The van der Waals surface area contributed by atoms with Gasteiger partial charge < -0.3 is 15.2 Å². The Balaban J connectivity index is 1.84. The van der Waals surface area contributed by atoms with Crippen LogP contribution in [0, 0.1) is 0 Å². The molecule has 2 aromatic heterocycles. The maximum absolute atomic E-state index is 12.8. The predicted octanol–water partition coefficient (Wildman–Crippen LogP) is 2.79. The van der Waals surface area contributed by atoms with Gasteiger partial charge in [-0.2, -0.15) is 13.2 Å². The summed E-state index contributed by atoms with van der Waals surface area (Å²) in [7, 11) is 1.60. The Bertz CT molecular complexity index is 1070. The summed E-state index contributed by atoms with van der Waals surface area (Å²) in [6.45, 7) is 1.65. The van der Waals surface area contributed by atoms with Crippen molar-refractivity contribution >= 4 is 16.7 Å². The van der Waals surface area contributed by atoms with E-state index in [4.69, 9.17) is 0 Å². The van der Waals surface area contributed by atoms with Gasteiger partial charge in [-0.25, -0.2) is 9.97 Å². The maximum Gasteiger partial charge on any atom is 0.416 e. The zero-order valence-corrected chi connectivity index (χ0v) is 15.0. The lowest BCUT2D eigenvalue weighted by molar-refractivity contribution is -0.137. The second-order valence-electron chi connectivity index (χ2n) is 6.81. The second-order valence-corrected chi connectivity index (χ2v) is 6.81. The van der Waals surface area contributed by atoms with Gasteiger partial charge in [-0.3, -0.25) is 4.79 Å². The largest absolute Gasteiger partial charge is 0.416 e. The quantitative estimate of drug-likeness (QED) is 0.721. The van der Waals surface area contributed by atoms with Crippen LogP contribution in [0.2, 0.25) is 0 Å². The molecule has 1 fully saturated rings. The van der Waals surface area contributed by atoms with E-state index in [0.29, 0.717) is 27.8 Å². The number of benzene rings is 1. The summed E-state index contributed by atoms with van der Waals surface area (Å²) in [5.41, 5.74) is 0.437. The van der Waals surface area contributed by atoms with Crippen LogP contribution in [0.3, 0.4) is 0 Å². The number of nitrogens with one attached hydrogen (secondary N) is 2. The minimum absolute atomic E-state index is 0.150. The summed E-state index contributed by atoms with van der Waals surface area (Å²) >= 11 is 0. The molecule has 1 unspecified atom stereocenters. The van der Waals surface area contributed by atoms with E-state index in [-0.39, 0.29) is 11.6 Å². The lowest BCUT2D eigenvalue weighted by atomic mass is 10.0. The molecule has 1 aliphatic heterocycles. The first kappa shape index (κ1) is 18.4. The Morgan fingerprint density at radius 1 is 1.21 bits per heavy atom. The van der Waals surface area contributed by atoms with E-state index in [1.165, 1.54) is 23.0 Å². The third kappa shape index (κ3) is 3.33. The molecule has 0 saturated carbocycles. The monoisotopic (exact) mass is 389 g/mol. The molecule has 1 atom stereocenters. The minimum Gasteiger partial charge on any atom is -0.365 e. The summed E-state index contributed by atoms with van der Waals surface area (Å²) in [5.74, 6) is 0.438. The Morgan fingerprint density at radius 2 is 1.96 bits per heavy atom. The van der Waals surface area contributed by atoms with Crippen LogP contribution < -0.4 is 16.2 Å². The van der Waals surface area contributed by atoms with Crippen LogP contribution in [0.15, 0.2) is 41.6 Å². The van der Waals surface area contributed by atoms with Crippen molar-refractivity contribution in [2.24, 2.45) is 7.05 Å². The molecule has 9 heteroatoms. The van der Waals surface area contributed by atoms with Crippen molar-refractivity contribution in [2.75, 3.05) is 18.4 Å². The molecule has 0 radical (unpaired) electrons. The number of hydrogen-bond donors (Lipinski definition) is 2. The number of aryl methyl sites for hydroxylation is 1. The first-order chi connectivity index (χ1) is 13.3. The molecule has 1 saturated heterocycles. The molecule has 2 N–H and O–H groups in total. The molecular formula is C19H18F3N5O. The van der Waals surface area contributed by atoms with Gasteiger partial charge in [0.15, 0.2) is 0 Å². The first-order valence-electron chi connectivity index (χ1n) is 8.84. The summed E-state index contributed by atoms with van der Waals surface area (Å²) in [6.07, 6.45) is -0.554. The number of aromatic nitrogens is 3. The highest BCUT2D eigenvalue weighted by atomic mass is 19.4. The molecule has 0 aliphatic carbocycles. The highest BCUT2D eigenvalue weighted by molar-refractivity contribution is 5.98. The topological polar surface area (TPSA) is 71.8 Å². The Hall–Kier alpha value is -2.94. The van der Waals surface area contributed by atoms with Crippen LogP contribution in [0.5, 0.6) is 0 Å². The standard InChI is InChI=1S/C19H18F3N5O/c1-27-10-25-16-14(11-2-4-12(5-3-11)19(20,21)22)9-24-17(15(16)18(27)28)26-13-6-7-23-8-13/h2-5,9-10,13,23H,6-8H2,1H3,(H,24,26). The fourth-order valence-electron chi connectivity index (χ4n) is 3.34. The normalized spacial score (nSPS) is 17.2. The van der Waals surface area contributed by atoms with Gasteiger partial charge in [-0.1, -0.05) is 12.1 Å². The molecule has 146 valence electrons. The predicted molar refractivity (Wildman–Crippen MR) is 100 cm³/mol. The third-order valence-electron chi connectivity index (χ3n) is 4.87. The smallest absolute Gasteiger partial charge is 0.365 e. The summed E-state index contributed by atoms with van der Waals surface area (Å²) in [4.78, 5) is 21.5. The number of pyridine rings is 1. The van der Waals surface area contributed by atoms with E-state index in [1.54, 1.807) is 13.2 Å². The Kier molecular flexibility index (Phi) is 4.54. The van der Waals surface area contributed by atoms with Crippen LogP contribution in [0.1, 0.15) is 12.0 Å². The van der Waals surface area contributed by atoms with Crippen molar-refractivity contribution in [3.05, 3.63) is 52.7 Å². The van der Waals surface area contributed by atoms with E-state index in [0.717, 1.165) is 31.6 Å². The van der Waals surface area contributed by atoms with Gasteiger partial charge in [0.1, 0.15) is 11.2 Å². The number of anilines is 1. The van der Waals surface area contributed by atoms with Crippen molar-refractivity contribution in [3.8, 4) is 11.1 Å². The fourth-order valence-corrected chi connectivity index (χ4v) is 3.34. The summed E-state index contributed by atoms with van der Waals surface area (Å²) in [6, 6.07) is 4.91. The summed E-state index contributed by atoms with van der Waals surface area (Å²) < 4.78 is 39.9. The van der Waals surface area contributed by atoms with Gasteiger partial charge in [0.25, 0.3) is 5.56 Å². The molecule has 6 nitrogen and oxygen atoms in total. The van der Waals surface area contributed by atoms with E-state index in [2.05, 4.69) is 20.6 Å². The zero-order chi connectivity index (χ0) is 19.9.